The normalized spacial score (nSPS) is 11.7. The lowest BCUT2D eigenvalue weighted by Gasteiger charge is -2.10. The predicted molar refractivity (Wildman–Crippen MR) is 104 cm³/mol. The minimum absolute atomic E-state index is 0.139. The Morgan fingerprint density at radius 3 is 2.41 bits per heavy atom. The van der Waals surface area contributed by atoms with Gasteiger partial charge in [-0.2, -0.15) is 0 Å². The second-order valence-electron chi connectivity index (χ2n) is 6.42. The summed E-state index contributed by atoms with van der Waals surface area (Å²) in [7, 11) is 0. The number of amides is 1. The van der Waals surface area contributed by atoms with E-state index < -0.39 is 12.0 Å². The zero-order valence-corrected chi connectivity index (χ0v) is 15.0. The zero-order valence-electron chi connectivity index (χ0n) is 15.0. The molecule has 1 amide bonds. The molecule has 0 saturated carbocycles. The van der Waals surface area contributed by atoms with Gasteiger partial charge in [-0.25, -0.2) is 0 Å². The molecule has 0 fully saturated rings. The zero-order chi connectivity index (χ0) is 19.2. The van der Waals surface area contributed by atoms with Crippen LogP contribution >= 0.6 is 0 Å². The predicted octanol–water partition coefficient (Wildman–Crippen LogP) is 3.55. The van der Waals surface area contributed by atoms with E-state index in [0.29, 0.717) is 6.61 Å². The van der Waals surface area contributed by atoms with Crippen molar-refractivity contribution in [2.75, 3.05) is 0 Å². The van der Waals surface area contributed by atoms with Gasteiger partial charge < -0.3 is 15.2 Å². The molecule has 27 heavy (non-hydrogen) atoms. The Morgan fingerprint density at radius 2 is 1.67 bits per heavy atom. The summed E-state index contributed by atoms with van der Waals surface area (Å²) in [6.07, 6.45) is 0.139. The van der Waals surface area contributed by atoms with E-state index in [9.17, 15) is 9.59 Å². The molecular weight excluding hydrogens is 342 g/mol. The molecule has 5 nitrogen and oxygen atoms in total. The lowest BCUT2D eigenvalue weighted by atomic mass is 10.0. The Balaban J connectivity index is 1.66. The van der Waals surface area contributed by atoms with Crippen LogP contribution in [0.2, 0.25) is 0 Å². The maximum absolute atomic E-state index is 11.9. The van der Waals surface area contributed by atoms with Crippen molar-refractivity contribution in [3.8, 4) is 5.75 Å². The number of nitrogens with one attached hydrogen (secondary N) is 1. The van der Waals surface area contributed by atoms with E-state index >= 15 is 0 Å². The van der Waals surface area contributed by atoms with Crippen LogP contribution in [-0.4, -0.2) is 23.0 Å². The fourth-order valence-corrected chi connectivity index (χ4v) is 2.75. The fraction of sp³-hybridized carbons (Fsp3) is 0.182. The molecule has 0 spiro atoms. The van der Waals surface area contributed by atoms with E-state index in [4.69, 9.17) is 9.84 Å². The molecule has 0 bridgehead atoms. The van der Waals surface area contributed by atoms with Crippen LogP contribution in [0.25, 0.3) is 10.8 Å². The number of carbonyl (C=O) groups excluding carboxylic acids is 1. The molecule has 3 aromatic carbocycles. The highest BCUT2D eigenvalue weighted by molar-refractivity contribution is 5.88. The number of fused-ring (bicyclic) bond motifs is 1. The van der Waals surface area contributed by atoms with Crippen molar-refractivity contribution in [1.82, 2.24) is 5.32 Å². The number of rotatable bonds is 7. The van der Waals surface area contributed by atoms with Crippen LogP contribution in [0.1, 0.15) is 18.1 Å². The molecule has 5 heteroatoms. The second-order valence-corrected chi connectivity index (χ2v) is 6.42. The Hall–Kier alpha value is -3.34. The van der Waals surface area contributed by atoms with Gasteiger partial charge in [-0.3, -0.25) is 9.59 Å². The summed E-state index contributed by atoms with van der Waals surface area (Å²) in [5, 5.41) is 13.3. The summed E-state index contributed by atoms with van der Waals surface area (Å²) in [4.78, 5) is 22.8. The van der Waals surface area contributed by atoms with E-state index in [0.717, 1.165) is 27.6 Å². The first-order valence-corrected chi connectivity index (χ1v) is 8.73. The summed E-state index contributed by atoms with van der Waals surface area (Å²) in [6.45, 7) is 1.95. The van der Waals surface area contributed by atoms with E-state index in [1.807, 2.05) is 66.7 Å². The van der Waals surface area contributed by atoms with Crippen LogP contribution in [-0.2, 0) is 22.6 Å². The lowest BCUT2D eigenvalue weighted by molar-refractivity contribution is -0.141. The first-order chi connectivity index (χ1) is 13.0. The van der Waals surface area contributed by atoms with Gasteiger partial charge in [0.05, 0.1) is 6.42 Å². The number of hydrogen-bond donors (Lipinski definition) is 2. The van der Waals surface area contributed by atoms with E-state index in [1.54, 1.807) is 0 Å². The lowest BCUT2D eigenvalue weighted by Crippen LogP contribution is -2.39. The summed E-state index contributed by atoms with van der Waals surface area (Å²) in [5.74, 6) is -0.580. The van der Waals surface area contributed by atoms with Gasteiger partial charge in [0.15, 0.2) is 0 Å². The van der Waals surface area contributed by atoms with Gasteiger partial charge >= 0.3 is 5.97 Å². The Morgan fingerprint density at radius 1 is 0.963 bits per heavy atom. The van der Waals surface area contributed by atoms with Crippen LogP contribution in [0, 0.1) is 0 Å². The molecule has 0 aliphatic heterocycles. The van der Waals surface area contributed by atoms with Gasteiger partial charge in [0.25, 0.3) is 0 Å². The van der Waals surface area contributed by atoms with Crippen LogP contribution in [0.15, 0.2) is 66.7 Å². The van der Waals surface area contributed by atoms with Crippen LogP contribution in [0.3, 0.4) is 0 Å². The van der Waals surface area contributed by atoms with Gasteiger partial charge in [0, 0.05) is 0 Å². The molecule has 0 heterocycles. The molecule has 3 aromatic rings. The topological polar surface area (TPSA) is 75.6 Å². The van der Waals surface area contributed by atoms with Crippen molar-refractivity contribution in [2.45, 2.75) is 26.0 Å². The number of aliphatic carboxylic acids is 1. The number of carbonyl (C=O) groups is 2. The molecule has 2 N–H and O–H groups in total. The van der Waals surface area contributed by atoms with Gasteiger partial charge in [-0.1, -0.05) is 54.6 Å². The minimum Gasteiger partial charge on any atom is -0.489 e. The van der Waals surface area contributed by atoms with Crippen molar-refractivity contribution in [3.63, 3.8) is 0 Å². The third-order valence-corrected chi connectivity index (χ3v) is 4.24. The average molecular weight is 363 g/mol. The van der Waals surface area contributed by atoms with Crippen LogP contribution < -0.4 is 10.1 Å². The maximum Gasteiger partial charge on any atom is 0.325 e. The van der Waals surface area contributed by atoms with Crippen molar-refractivity contribution in [3.05, 3.63) is 77.9 Å². The highest BCUT2D eigenvalue weighted by Crippen LogP contribution is 2.23. The molecule has 0 saturated heterocycles. The smallest absolute Gasteiger partial charge is 0.325 e. The minimum atomic E-state index is -1.05. The van der Waals surface area contributed by atoms with Gasteiger partial charge in [0.1, 0.15) is 18.4 Å². The Kier molecular flexibility index (Phi) is 5.71. The summed E-state index contributed by atoms with van der Waals surface area (Å²) in [5.41, 5.74) is 1.94. The second kappa shape index (κ2) is 8.36. The van der Waals surface area contributed by atoms with Crippen molar-refractivity contribution >= 4 is 22.6 Å². The number of carboxylic acids is 1. The van der Waals surface area contributed by atoms with Crippen molar-refractivity contribution < 1.29 is 19.4 Å². The van der Waals surface area contributed by atoms with Gasteiger partial charge in [-0.15, -0.1) is 0 Å². The Bertz CT molecular complexity index is 953. The van der Waals surface area contributed by atoms with Crippen LogP contribution in [0.4, 0.5) is 0 Å². The van der Waals surface area contributed by atoms with Gasteiger partial charge in [0.2, 0.25) is 5.91 Å². The molecule has 0 aliphatic rings. The third kappa shape index (κ3) is 5.07. The first kappa shape index (κ1) is 18.5. The van der Waals surface area contributed by atoms with E-state index in [-0.39, 0.29) is 12.3 Å². The van der Waals surface area contributed by atoms with E-state index in [1.165, 1.54) is 6.92 Å². The Labute approximate surface area is 157 Å². The molecule has 0 radical (unpaired) electrons. The largest absolute Gasteiger partial charge is 0.489 e. The summed E-state index contributed by atoms with van der Waals surface area (Å²) >= 11 is 0. The van der Waals surface area contributed by atoms with Crippen molar-refractivity contribution in [2.24, 2.45) is 0 Å². The first-order valence-electron chi connectivity index (χ1n) is 8.73. The quantitative estimate of drug-likeness (QED) is 0.673. The van der Waals surface area contributed by atoms with Crippen molar-refractivity contribution in [1.29, 1.82) is 0 Å². The highest BCUT2D eigenvalue weighted by atomic mass is 16.5. The number of hydrogen-bond acceptors (Lipinski definition) is 3. The molecule has 0 aliphatic carbocycles. The summed E-state index contributed by atoms with van der Waals surface area (Å²) < 4.78 is 5.84. The SMILES string of the molecule is CC(NC(=O)Cc1ccc2cc(OCc3ccccc3)ccc2c1)C(=O)O. The standard InChI is InChI=1S/C22H21NO4/c1-15(22(25)26)23-21(24)12-17-7-8-19-13-20(10-9-18(19)11-17)27-14-16-5-3-2-4-6-16/h2-11,13,15H,12,14H2,1H3,(H,23,24)(H,25,26). The average Bonchev–Trinajstić information content (AvgIpc) is 2.67. The molecular formula is C22H21NO4. The number of carboxylic acid groups (broad SMARTS) is 1. The fourth-order valence-electron chi connectivity index (χ4n) is 2.75. The molecule has 1 atom stereocenters. The number of ether oxygens (including phenoxy) is 1. The van der Waals surface area contributed by atoms with Crippen LogP contribution in [0.5, 0.6) is 5.75 Å². The molecule has 0 aromatic heterocycles. The van der Waals surface area contributed by atoms with Gasteiger partial charge in [-0.05, 0) is 41.0 Å². The number of benzene rings is 3. The molecule has 138 valence electrons. The van der Waals surface area contributed by atoms with E-state index in [2.05, 4.69) is 5.32 Å². The molecule has 3 rings (SSSR count). The molecule has 1 unspecified atom stereocenters. The summed E-state index contributed by atoms with van der Waals surface area (Å²) in [6, 6.07) is 20.6. The maximum atomic E-state index is 11.9. The third-order valence-electron chi connectivity index (χ3n) is 4.24. The monoisotopic (exact) mass is 363 g/mol. The highest BCUT2D eigenvalue weighted by Gasteiger charge is 2.14.